The third-order valence-electron chi connectivity index (χ3n) is 1.17. The zero-order chi connectivity index (χ0) is 9.19. The Labute approximate surface area is 70.9 Å². The van der Waals surface area contributed by atoms with E-state index in [4.69, 9.17) is 5.11 Å². The van der Waals surface area contributed by atoms with Gasteiger partial charge < -0.3 is 5.11 Å². The van der Waals surface area contributed by atoms with Gasteiger partial charge in [0, 0.05) is 5.69 Å². The van der Waals surface area contributed by atoms with Crippen LogP contribution in [0.2, 0.25) is 0 Å². The fourth-order valence-electron chi connectivity index (χ4n) is 0.744. The van der Waals surface area contributed by atoms with Crippen molar-refractivity contribution in [1.82, 2.24) is 0 Å². The largest absolute Gasteiger partial charge is 0.508 e. The molecule has 5 heteroatoms. The highest BCUT2D eigenvalue weighted by molar-refractivity contribution is 7.92. The van der Waals surface area contributed by atoms with E-state index in [9.17, 15) is 8.42 Å². The van der Waals surface area contributed by atoms with Gasteiger partial charge in [-0.15, -0.1) is 0 Å². The van der Waals surface area contributed by atoms with Crippen LogP contribution in [0, 0.1) is 0 Å². The molecule has 0 aliphatic heterocycles. The Kier molecular flexibility index (Phi) is 2.23. The van der Waals surface area contributed by atoms with Crippen LogP contribution in [-0.2, 0) is 10.0 Å². The molecule has 0 aliphatic rings. The molecule has 0 spiro atoms. The molecule has 0 atom stereocenters. The van der Waals surface area contributed by atoms with Crippen LogP contribution in [0.25, 0.3) is 0 Å². The van der Waals surface area contributed by atoms with E-state index in [1.807, 2.05) is 0 Å². The maximum absolute atomic E-state index is 10.7. The van der Waals surface area contributed by atoms with Gasteiger partial charge in [0.2, 0.25) is 10.0 Å². The lowest BCUT2D eigenvalue weighted by Crippen LogP contribution is -2.08. The fraction of sp³-hybridized carbons (Fsp3) is 0.143. The van der Waals surface area contributed by atoms with Gasteiger partial charge in [-0.25, -0.2) is 8.42 Å². The number of aromatic hydroxyl groups is 1. The molecule has 0 saturated carbocycles. The van der Waals surface area contributed by atoms with Crippen molar-refractivity contribution in [3.63, 3.8) is 0 Å². The van der Waals surface area contributed by atoms with E-state index >= 15 is 0 Å². The summed E-state index contributed by atoms with van der Waals surface area (Å²) in [7, 11) is -3.22. The van der Waals surface area contributed by atoms with Crippen molar-refractivity contribution in [1.29, 1.82) is 0 Å². The summed E-state index contributed by atoms with van der Waals surface area (Å²) in [5.41, 5.74) is 0.440. The Morgan fingerprint density at radius 1 is 1.25 bits per heavy atom. The number of phenols is 1. The Morgan fingerprint density at radius 2 is 1.75 bits per heavy atom. The fourth-order valence-corrected chi connectivity index (χ4v) is 1.31. The third-order valence-corrected chi connectivity index (χ3v) is 1.78. The molecule has 4 nitrogen and oxygen atoms in total. The molecule has 0 fully saturated rings. The maximum Gasteiger partial charge on any atom is 0.229 e. The molecule has 1 aromatic rings. The monoisotopic (exact) mass is 187 g/mol. The summed E-state index contributed by atoms with van der Waals surface area (Å²) in [4.78, 5) is 0. The first-order valence-corrected chi connectivity index (χ1v) is 5.13. The van der Waals surface area contributed by atoms with Gasteiger partial charge in [0.05, 0.1) is 6.26 Å². The summed E-state index contributed by atoms with van der Waals surface area (Å²) in [6.45, 7) is 0. The maximum atomic E-state index is 10.7. The summed E-state index contributed by atoms with van der Waals surface area (Å²) in [6.07, 6.45) is 1.07. The highest BCUT2D eigenvalue weighted by Crippen LogP contribution is 2.14. The summed E-state index contributed by atoms with van der Waals surface area (Å²) in [5.74, 6) is 0.106. The van der Waals surface area contributed by atoms with E-state index in [0.717, 1.165) is 6.26 Å². The Morgan fingerprint density at radius 3 is 2.17 bits per heavy atom. The average molecular weight is 187 g/mol. The number of hydrogen-bond donors (Lipinski definition) is 2. The molecule has 1 aromatic carbocycles. The first kappa shape index (κ1) is 8.86. The average Bonchev–Trinajstić information content (AvgIpc) is 1.91. The van der Waals surface area contributed by atoms with E-state index in [1.54, 1.807) is 0 Å². The molecule has 0 bridgehead atoms. The lowest BCUT2D eigenvalue weighted by Gasteiger charge is -2.02. The van der Waals surface area contributed by atoms with Gasteiger partial charge in [0.1, 0.15) is 5.75 Å². The lowest BCUT2D eigenvalue weighted by molar-refractivity contribution is 0.475. The topological polar surface area (TPSA) is 66.4 Å². The number of sulfonamides is 1. The second-order valence-electron chi connectivity index (χ2n) is 2.42. The number of hydrogen-bond acceptors (Lipinski definition) is 3. The van der Waals surface area contributed by atoms with Gasteiger partial charge in [-0.05, 0) is 24.3 Å². The smallest absolute Gasteiger partial charge is 0.229 e. The second kappa shape index (κ2) is 3.02. The van der Waals surface area contributed by atoms with E-state index in [0.29, 0.717) is 5.69 Å². The van der Waals surface area contributed by atoms with Gasteiger partial charge in [0.15, 0.2) is 0 Å². The van der Waals surface area contributed by atoms with Crippen LogP contribution >= 0.6 is 0 Å². The molecule has 0 saturated heterocycles. The second-order valence-corrected chi connectivity index (χ2v) is 4.17. The normalized spacial score (nSPS) is 11.1. The minimum Gasteiger partial charge on any atom is -0.508 e. The predicted molar refractivity (Wildman–Crippen MR) is 46.6 cm³/mol. The molecular weight excluding hydrogens is 178 g/mol. The van der Waals surface area contributed by atoms with Gasteiger partial charge in [-0.2, -0.15) is 0 Å². The molecular formula is C7H9NO3S. The first-order chi connectivity index (χ1) is 5.47. The molecule has 0 radical (unpaired) electrons. The SMILES string of the molecule is CS(=O)(=O)Nc1ccc(O)cc1. The number of phenolic OH excluding ortho intramolecular Hbond substituents is 1. The van der Waals surface area contributed by atoms with Gasteiger partial charge >= 0.3 is 0 Å². The van der Waals surface area contributed by atoms with Crippen molar-refractivity contribution in [2.45, 2.75) is 0 Å². The standard InChI is InChI=1S/C7H9NO3S/c1-12(10,11)8-6-2-4-7(9)5-3-6/h2-5,8-9H,1H3. The molecule has 0 unspecified atom stereocenters. The van der Waals surface area contributed by atoms with Crippen LogP contribution in [0.3, 0.4) is 0 Å². The van der Waals surface area contributed by atoms with Crippen molar-refractivity contribution in [2.75, 3.05) is 11.0 Å². The summed E-state index contributed by atoms with van der Waals surface area (Å²) in [6, 6.07) is 5.79. The van der Waals surface area contributed by atoms with Gasteiger partial charge in [-0.1, -0.05) is 0 Å². The zero-order valence-corrected chi connectivity index (χ0v) is 7.30. The first-order valence-electron chi connectivity index (χ1n) is 3.24. The van der Waals surface area contributed by atoms with Crippen molar-refractivity contribution < 1.29 is 13.5 Å². The lowest BCUT2D eigenvalue weighted by atomic mass is 10.3. The van der Waals surface area contributed by atoms with Crippen molar-refractivity contribution in [3.05, 3.63) is 24.3 Å². The number of nitrogens with one attached hydrogen (secondary N) is 1. The highest BCUT2D eigenvalue weighted by Gasteiger charge is 2.00. The quantitative estimate of drug-likeness (QED) is 0.672. The molecule has 66 valence electrons. The van der Waals surface area contributed by atoms with E-state index in [-0.39, 0.29) is 5.75 Å². The summed E-state index contributed by atoms with van der Waals surface area (Å²) >= 11 is 0. The van der Waals surface area contributed by atoms with Crippen LogP contribution in [0.5, 0.6) is 5.75 Å². The van der Waals surface area contributed by atoms with Crippen LogP contribution in [0.1, 0.15) is 0 Å². The van der Waals surface area contributed by atoms with Crippen molar-refractivity contribution in [3.8, 4) is 5.75 Å². The number of anilines is 1. The van der Waals surface area contributed by atoms with Crippen LogP contribution in [-0.4, -0.2) is 19.8 Å². The number of rotatable bonds is 2. The number of benzene rings is 1. The minimum atomic E-state index is -3.22. The Balaban J connectivity index is 2.85. The predicted octanol–water partition coefficient (Wildman–Crippen LogP) is 0.764. The minimum absolute atomic E-state index is 0.106. The molecule has 0 aromatic heterocycles. The van der Waals surface area contributed by atoms with Crippen molar-refractivity contribution >= 4 is 15.7 Å². The van der Waals surface area contributed by atoms with E-state index in [2.05, 4.69) is 4.72 Å². The molecule has 2 N–H and O–H groups in total. The van der Waals surface area contributed by atoms with Gasteiger partial charge in [-0.3, -0.25) is 4.72 Å². The zero-order valence-electron chi connectivity index (χ0n) is 6.48. The summed E-state index contributed by atoms with van der Waals surface area (Å²) < 4.78 is 23.7. The molecule has 0 amide bonds. The van der Waals surface area contributed by atoms with E-state index in [1.165, 1.54) is 24.3 Å². The Bertz CT molecular complexity index is 355. The van der Waals surface area contributed by atoms with Crippen molar-refractivity contribution in [2.24, 2.45) is 0 Å². The van der Waals surface area contributed by atoms with Crippen LogP contribution < -0.4 is 4.72 Å². The molecule has 1 rings (SSSR count). The molecule has 0 aliphatic carbocycles. The van der Waals surface area contributed by atoms with E-state index < -0.39 is 10.0 Å². The van der Waals surface area contributed by atoms with Crippen LogP contribution in [0.15, 0.2) is 24.3 Å². The molecule has 12 heavy (non-hydrogen) atoms. The Hall–Kier alpha value is -1.23. The van der Waals surface area contributed by atoms with Crippen LogP contribution in [0.4, 0.5) is 5.69 Å². The van der Waals surface area contributed by atoms with Gasteiger partial charge in [0.25, 0.3) is 0 Å². The third kappa shape index (κ3) is 2.79. The highest BCUT2D eigenvalue weighted by atomic mass is 32.2. The molecule has 0 heterocycles. The summed E-state index contributed by atoms with van der Waals surface area (Å²) in [5, 5.41) is 8.88.